The maximum Gasteiger partial charge on any atom is 0.294 e. The zero-order valence-corrected chi connectivity index (χ0v) is 13.2. The van der Waals surface area contributed by atoms with Crippen molar-refractivity contribution in [3.63, 3.8) is 0 Å². The van der Waals surface area contributed by atoms with Gasteiger partial charge in [0.25, 0.3) is 11.6 Å². The van der Waals surface area contributed by atoms with Crippen molar-refractivity contribution in [2.45, 2.75) is 12.8 Å². The Bertz CT molecular complexity index is 750. The first-order valence-corrected chi connectivity index (χ1v) is 7.89. The van der Waals surface area contributed by atoms with E-state index in [1.54, 1.807) is 35.4 Å². The highest BCUT2D eigenvalue weighted by molar-refractivity contribution is 5.92. The lowest BCUT2D eigenvalue weighted by atomic mass is 9.97. The molecule has 2 aromatic rings. The van der Waals surface area contributed by atoms with E-state index < -0.39 is 4.92 Å². The Hall–Kier alpha value is -2.74. The number of amides is 1. The average Bonchev–Trinajstić information content (AvgIpc) is 3.11. The van der Waals surface area contributed by atoms with Gasteiger partial charge in [-0.1, -0.05) is 12.1 Å². The van der Waals surface area contributed by atoms with Crippen LogP contribution in [0.4, 0.5) is 5.69 Å². The number of nitro benzene ring substituents is 1. The topological polar surface area (TPSA) is 107 Å². The maximum absolute atomic E-state index is 12.5. The molecule has 1 aliphatic heterocycles. The maximum atomic E-state index is 12.5. The predicted molar refractivity (Wildman–Crippen MR) is 87.9 cm³/mol. The van der Waals surface area contributed by atoms with E-state index in [1.165, 1.54) is 10.7 Å². The lowest BCUT2D eigenvalue weighted by molar-refractivity contribution is -0.384. The van der Waals surface area contributed by atoms with Crippen LogP contribution in [0.3, 0.4) is 0 Å². The van der Waals surface area contributed by atoms with E-state index >= 15 is 0 Å². The predicted octanol–water partition coefficient (Wildman–Crippen LogP) is 1.59. The molecule has 0 radical (unpaired) electrons. The Morgan fingerprint density at radius 2 is 2.00 bits per heavy atom. The van der Waals surface area contributed by atoms with E-state index in [9.17, 15) is 14.9 Å². The number of carbonyl (C=O) groups excluding carboxylic acids is 1. The summed E-state index contributed by atoms with van der Waals surface area (Å²) in [7, 11) is 0. The van der Waals surface area contributed by atoms with Gasteiger partial charge in [0.15, 0.2) is 5.69 Å². The fraction of sp³-hybridized carbons (Fsp3) is 0.375. The standard InChI is InChI=1S/C16H19N5O3/c17-11-12-5-8-19(9-6-12)16(22)13-7-10-20(18-13)14-3-1-2-4-15(14)21(23)24/h1-4,7,10,12H,5-6,8-9,11,17H2. The summed E-state index contributed by atoms with van der Waals surface area (Å²) in [4.78, 5) is 25.0. The first-order valence-electron chi connectivity index (χ1n) is 7.89. The van der Waals surface area contributed by atoms with Gasteiger partial charge in [-0.3, -0.25) is 14.9 Å². The molecule has 1 fully saturated rings. The van der Waals surface area contributed by atoms with Crippen molar-refractivity contribution in [2.75, 3.05) is 19.6 Å². The van der Waals surface area contributed by atoms with Crippen LogP contribution in [0.1, 0.15) is 23.3 Å². The van der Waals surface area contributed by atoms with E-state index in [-0.39, 0.29) is 11.6 Å². The van der Waals surface area contributed by atoms with Crippen LogP contribution in [0.2, 0.25) is 0 Å². The van der Waals surface area contributed by atoms with Crippen molar-refractivity contribution in [3.05, 3.63) is 52.3 Å². The van der Waals surface area contributed by atoms with Gasteiger partial charge in [-0.15, -0.1) is 0 Å². The number of hydrogen-bond acceptors (Lipinski definition) is 5. The van der Waals surface area contributed by atoms with Crippen molar-refractivity contribution in [2.24, 2.45) is 11.7 Å². The summed E-state index contributed by atoms with van der Waals surface area (Å²) in [6.07, 6.45) is 3.36. The van der Waals surface area contributed by atoms with Gasteiger partial charge >= 0.3 is 0 Å². The van der Waals surface area contributed by atoms with Crippen LogP contribution in [-0.4, -0.2) is 45.1 Å². The lowest BCUT2D eigenvalue weighted by Crippen LogP contribution is -2.40. The molecular weight excluding hydrogens is 310 g/mol. The summed E-state index contributed by atoms with van der Waals surface area (Å²) < 4.78 is 1.37. The molecule has 0 aliphatic carbocycles. The molecule has 2 heterocycles. The number of nitrogens with zero attached hydrogens (tertiary/aromatic N) is 4. The SMILES string of the molecule is NCC1CCN(C(=O)c2ccn(-c3ccccc3[N+](=O)[O-])n2)CC1. The van der Waals surface area contributed by atoms with Gasteiger partial charge in [-0.2, -0.15) is 5.10 Å². The number of nitrogens with two attached hydrogens (primary N) is 1. The van der Waals surface area contributed by atoms with E-state index in [0.29, 0.717) is 36.9 Å². The molecule has 1 aromatic heterocycles. The summed E-state index contributed by atoms with van der Waals surface area (Å²) >= 11 is 0. The van der Waals surface area contributed by atoms with Crippen LogP contribution >= 0.6 is 0 Å². The molecule has 2 N–H and O–H groups in total. The Morgan fingerprint density at radius 3 is 2.67 bits per heavy atom. The minimum Gasteiger partial charge on any atom is -0.337 e. The molecule has 126 valence electrons. The second-order valence-electron chi connectivity index (χ2n) is 5.86. The number of benzene rings is 1. The van der Waals surface area contributed by atoms with E-state index in [4.69, 9.17) is 5.73 Å². The summed E-state index contributed by atoms with van der Waals surface area (Å²) in [5.74, 6) is 0.321. The molecular formula is C16H19N5O3. The number of carbonyl (C=O) groups is 1. The molecule has 0 bridgehead atoms. The van der Waals surface area contributed by atoms with Gasteiger partial charge in [0.2, 0.25) is 0 Å². The Kier molecular flexibility index (Phi) is 4.57. The Labute approximate surface area is 139 Å². The van der Waals surface area contributed by atoms with Gasteiger partial charge in [-0.25, -0.2) is 4.68 Å². The number of piperidine rings is 1. The monoisotopic (exact) mass is 329 g/mol. The summed E-state index contributed by atoms with van der Waals surface area (Å²) in [5, 5.41) is 15.4. The number of nitro groups is 1. The third-order valence-corrected chi connectivity index (χ3v) is 4.37. The zero-order chi connectivity index (χ0) is 17.1. The quantitative estimate of drug-likeness (QED) is 0.677. The summed E-state index contributed by atoms with van der Waals surface area (Å²) in [5.41, 5.74) is 6.24. The van der Waals surface area contributed by atoms with Crippen molar-refractivity contribution in [1.29, 1.82) is 0 Å². The fourth-order valence-electron chi connectivity index (χ4n) is 2.92. The van der Waals surface area contributed by atoms with Crippen LogP contribution < -0.4 is 5.73 Å². The van der Waals surface area contributed by atoms with Crippen molar-refractivity contribution < 1.29 is 9.72 Å². The van der Waals surface area contributed by atoms with Gasteiger partial charge in [-0.05, 0) is 37.4 Å². The minimum atomic E-state index is -0.462. The van der Waals surface area contributed by atoms with E-state index in [2.05, 4.69) is 5.10 Å². The number of para-hydroxylation sites is 2. The van der Waals surface area contributed by atoms with Gasteiger partial charge < -0.3 is 10.6 Å². The molecule has 0 saturated carbocycles. The van der Waals surface area contributed by atoms with Crippen molar-refractivity contribution >= 4 is 11.6 Å². The minimum absolute atomic E-state index is 0.0524. The van der Waals surface area contributed by atoms with Gasteiger partial charge in [0.05, 0.1) is 4.92 Å². The molecule has 1 amide bonds. The van der Waals surface area contributed by atoms with Crippen LogP contribution in [0, 0.1) is 16.0 Å². The molecule has 0 spiro atoms. The summed E-state index contributed by atoms with van der Waals surface area (Å²) in [6, 6.07) is 7.90. The van der Waals surface area contributed by atoms with Crippen LogP contribution in [-0.2, 0) is 0 Å². The fourth-order valence-corrected chi connectivity index (χ4v) is 2.92. The number of likely N-dealkylation sites (tertiary alicyclic amines) is 1. The van der Waals surface area contributed by atoms with Crippen LogP contribution in [0.25, 0.3) is 5.69 Å². The van der Waals surface area contributed by atoms with Crippen molar-refractivity contribution in [3.8, 4) is 5.69 Å². The second kappa shape index (κ2) is 6.79. The molecule has 8 nitrogen and oxygen atoms in total. The third kappa shape index (κ3) is 3.13. The van der Waals surface area contributed by atoms with Crippen LogP contribution in [0.15, 0.2) is 36.5 Å². The normalized spacial score (nSPS) is 15.5. The molecule has 0 atom stereocenters. The molecule has 1 aliphatic rings. The average molecular weight is 329 g/mol. The number of hydrogen-bond donors (Lipinski definition) is 1. The first kappa shape index (κ1) is 16.1. The van der Waals surface area contributed by atoms with Crippen molar-refractivity contribution in [1.82, 2.24) is 14.7 Å². The lowest BCUT2D eigenvalue weighted by Gasteiger charge is -2.30. The molecule has 24 heavy (non-hydrogen) atoms. The van der Waals surface area contributed by atoms with Gasteiger partial charge in [0.1, 0.15) is 5.69 Å². The third-order valence-electron chi connectivity index (χ3n) is 4.37. The molecule has 1 saturated heterocycles. The molecule has 0 unspecified atom stereocenters. The molecule has 3 rings (SSSR count). The molecule has 8 heteroatoms. The largest absolute Gasteiger partial charge is 0.337 e. The van der Waals surface area contributed by atoms with Crippen LogP contribution in [0.5, 0.6) is 0 Å². The van der Waals surface area contributed by atoms with E-state index in [1.807, 2.05) is 0 Å². The van der Waals surface area contributed by atoms with Gasteiger partial charge in [0, 0.05) is 25.4 Å². The second-order valence-corrected chi connectivity index (χ2v) is 5.86. The first-order chi connectivity index (χ1) is 11.6. The summed E-state index contributed by atoms with van der Waals surface area (Å²) in [6.45, 7) is 1.98. The highest BCUT2D eigenvalue weighted by Gasteiger charge is 2.25. The number of rotatable bonds is 4. The number of aromatic nitrogens is 2. The highest BCUT2D eigenvalue weighted by atomic mass is 16.6. The smallest absolute Gasteiger partial charge is 0.294 e. The highest BCUT2D eigenvalue weighted by Crippen LogP contribution is 2.22. The zero-order valence-electron chi connectivity index (χ0n) is 13.2. The Morgan fingerprint density at radius 1 is 1.29 bits per heavy atom. The Balaban J connectivity index is 1.79. The molecule has 1 aromatic carbocycles. The van der Waals surface area contributed by atoms with E-state index in [0.717, 1.165) is 12.8 Å².